The van der Waals surface area contributed by atoms with E-state index >= 15 is 0 Å². The van der Waals surface area contributed by atoms with Crippen molar-refractivity contribution in [1.82, 2.24) is 0 Å². The first-order chi connectivity index (χ1) is 9.06. The van der Waals surface area contributed by atoms with Crippen LogP contribution in [0.5, 0.6) is 11.5 Å². The average Bonchev–Trinajstić information content (AvgIpc) is 2.38. The Bertz CT molecular complexity index is 531. The van der Waals surface area contributed by atoms with Gasteiger partial charge in [0.15, 0.2) is 0 Å². The molecule has 2 aromatic rings. The van der Waals surface area contributed by atoms with Gasteiger partial charge in [-0.3, -0.25) is 0 Å². The van der Waals surface area contributed by atoms with Gasteiger partial charge in [0.2, 0.25) is 6.79 Å². The molecular weight excluding hydrogens is 250 g/mol. The molecule has 100 valence electrons. The minimum atomic E-state index is -0.276. The maximum atomic E-state index is 13.0. The highest BCUT2D eigenvalue weighted by Gasteiger charge is 2.02. The first kappa shape index (κ1) is 13.3. The molecule has 0 heterocycles. The zero-order chi connectivity index (χ0) is 13.8. The maximum absolute atomic E-state index is 13.0. The Hall–Kier alpha value is -2.10. The standard InChI is InChI=1S/C15H14F2O2/c1-10-7-12(3-5-14(10)16)18-9-19-13-4-6-15(17)11(2)8-13/h3-8H,9H2,1-2H3. The number of aryl methyl sites for hydroxylation is 2. The lowest BCUT2D eigenvalue weighted by Crippen LogP contribution is -2.06. The van der Waals surface area contributed by atoms with Crippen molar-refractivity contribution in [3.63, 3.8) is 0 Å². The van der Waals surface area contributed by atoms with Gasteiger partial charge in [0.1, 0.15) is 23.1 Å². The molecular formula is C15H14F2O2. The fourth-order valence-corrected chi connectivity index (χ4v) is 1.58. The van der Waals surface area contributed by atoms with E-state index < -0.39 is 0 Å². The summed E-state index contributed by atoms with van der Waals surface area (Å²) in [5.74, 6) is 0.500. The molecule has 0 unspecified atom stereocenters. The summed E-state index contributed by atoms with van der Waals surface area (Å²) in [5.41, 5.74) is 1.02. The van der Waals surface area contributed by atoms with Gasteiger partial charge in [0.25, 0.3) is 0 Å². The maximum Gasteiger partial charge on any atom is 0.230 e. The average molecular weight is 264 g/mol. The number of benzene rings is 2. The Kier molecular flexibility index (Phi) is 4.00. The molecule has 0 aliphatic carbocycles. The molecule has 19 heavy (non-hydrogen) atoms. The largest absolute Gasteiger partial charge is 0.457 e. The second kappa shape index (κ2) is 5.69. The lowest BCUT2D eigenvalue weighted by molar-refractivity contribution is 0.119. The molecule has 0 aliphatic heterocycles. The number of hydrogen-bond acceptors (Lipinski definition) is 2. The summed E-state index contributed by atoms with van der Waals surface area (Å²) in [6.45, 7) is 3.30. The molecule has 0 bridgehead atoms. The summed E-state index contributed by atoms with van der Waals surface area (Å²) in [7, 11) is 0. The van der Waals surface area contributed by atoms with Crippen LogP contribution in [0, 0.1) is 25.5 Å². The van der Waals surface area contributed by atoms with Gasteiger partial charge in [0.05, 0.1) is 0 Å². The number of rotatable bonds is 4. The smallest absolute Gasteiger partial charge is 0.230 e. The summed E-state index contributed by atoms with van der Waals surface area (Å²) in [4.78, 5) is 0. The van der Waals surface area contributed by atoms with E-state index in [1.165, 1.54) is 24.3 Å². The van der Waals surface area contributed by atoms with E-state index in [1.54, 1.807) is 26.0 Å². The van der Waals surface area contributed by atoms with E-state index in [0.717, 1.165) is 0 Å². The van der Waals surface area contributed by atoms with Crippen molar-refractivity contribution >= 4 is 0 Å². The Labute approximate surface area is 110 Å². The molecule has 2 rings (SSSR count). The molecule has 0 amide bonds. The third-order valence-electron chi connectivity index (χ3n) is 2.71. The molecule has 2 aromatic carbocycles. The molecule has 0 fully saturated rings. The molecule has 0 N–H and O–H groups in total. The van der Waals surface area contributed by atoms with Crippen molar-refractivity contribution in [1.29, 1.82) is 0 Å². The van der Waals surface area contributed by atoms with Gasteiger partial charge in [0, 0.05) is 0 Å². The van der Waals surface area contributed by atoms with Gasteiger partial charge < -0.3 is 9.47 Å². The summed E-state index contributed by atoms with van der Waals surface area (Å²) in [5, 5.41) is 0. The molecule has 0 radical (unpaired) electrons. The molecule has 0 aromatic heterocycles. The number of hydrogen-bond donors (Lipinski definition) is 0. The minimum Gasteiger partial charge on any atom is -0.457 e. The molecule has 4 heteroatoms. The van der Waals surface area contributed by atoms with Crippen LogP contribution in [0.2, 0.25) is 0 Å². The Balaban J connectivity index is 1.92. The zero-order valence-corrected chi connectivity index (χ0v) is 10.7. The highest BCUT2D eigenvalue weighted by Crippen LogP contribution is 2.18. The lowest BCUT2D eigenvalue weighted by atomic mass is 10.2. The molecule has 0 atom stereocenters. The van der Waals surface area contributed by atoms with E-state index in [1.807, 2.05) is 0 Å². The summed E-state index contributed by atoms with van der Waals surface area (Å²) >= 11 is 0. The van der Waals surface area contributed by atoms with Crippen molar-refractivity contribution in [2.24, 2.45) is 0 Å². The monoisotopic (exact) mass is 264 g/mol. The summed E-state index contributed by atoms with van der Waals surface area (Å²) < 4.78 is 36.8. The van der Waals surface area contributed by atoms with E-state index in [0.29, 0.717) is 22.6 Å². The van der Waals surface area contributed by atoms with Crippen molar-refractivity contribution in [3.05, 3.63) is 59.2 Å². The van der Waals surface area contributed by atoms with Gasteiger partial charge >= 0.3 is 0 Å². The van der Waals surface area contributed by atoms with Gasteiger partial charge in [-0.15, -0.1) is 0 Å². The van der Waals surface area contributed by atoms with Gasteiger partial charge in [-0.2, -0.15) is 0 Å². The quantitative estimate of drug-likeness (QED) is 0.777. The fourth-order valence-electron chi connectivity index (χ4n) is 1.58. The SMILES string of the molecule is Cc1cc(OCOc2ccc(F)c(C)c2)ccc1F. The summed E-state index contributed by atoms with van der Waals surface area (Å²) in [6.07, 6.45) is 0. The topological polar surface area (TPSA) is 18.5 Å². The first-order valence-corrected chi connectivity index (χ1v) is 5.84. The Morgan fingerprint density at radius 3 is 1.58 bits per heavy atom. The van der Waals surface area contributed by atoms with Crippen LogP contribution in [-0.4, -0.2) is 6.79 Å². The number of ether oxygens (including phenoxy) is 2. The molecule has 0 saturated heterocycles. The normalized spacial score (nSPS) is 10.3. The van der Waals surface area contributed by atoms with Crippen LogP contribution in [0.4, 0.5) is 8.78 Å². The fraction of sp³-hybridized carbons (Fsp3) is 0.200. The van der Waals surface area contributed by atoms with E-state index in [-0.39, 0.29) is 18.4 Å². The van der Waals surface area contributed by atoms with E-state index in [2.05, 4.69) is 0 Å². The van der Waals surface area contributed by atoms with Crippen LogP contribution in [0.1, 0.15) is 11.1 Å². The third-order valence-corrected chi connectivity index (χ3v) is 2.71. The molecule has 2 nitrogen and oxygen atoms in total. The van der Waals surface area contributed by atoms with Crippen molar-refractivity contribution in [2.75, 3.05) is 6.79 Å². The van der Waals surface area contributed by atoms with Crippen LogP contribution in [0.25, 0.3) is 0 Å². The highest BCUT2D eigenvalue weighted by molar-refractivity contribution is 5.30. The van der Waals surface area contributed by atoms with Crippen LogP contribution in [0.3, 0.4) is 0 Å². The van der Waals surface area contributed by atoms with E-state index in [9.17, 15) is 8.78 Å². The van der Waals surface area contributed by atoms with Gasteiger partial charge in [-0.1, -0.05) is 0 Å². The van der Waals surface area contributed by atoms with Gasteiger partial charge in [-0.25, -0.2) is 8.78 Å². The second-order valence-corrected chi connectivity index (χ2v) is 4.23. The van der Waals surface area contributed by atoms with Crippen molar-refractivity contribution in [3.8, 4) is 11.5 Å². The molecule has 0 spiro atoms. The van der Waals surface area contributed by atoms with Crippen LogP contribution in [-0.2, 0) is 0 Å². The summed E-state index contributed by atoms with van der Waals surface area (Å²) in [6, 6.07) is 8.92. The minimum absolute atomic E-state index is 0.0177. The molecule has 0 aliphatic rings. The van der Waals surface area contributed by atoms with Crippen molar-refractivity contribution < 1.29 is 18.3 Å². The van der Waals surface area contributed by atoms with Crippen LogP contribution >= 0.6 is 0 Å². The van der Waals surface area contributed by atoms with Gasteiger partial charge in [-0.05, 0) is 61.4 Å². The second-order valence-electron chi connectivity index (χ2n) is 4.23. The Morgan fingerprint density at radius 1 is 0.789 bits per heavy atom. The zero-order valence-electron chi connectivity index (χ0n) is 10.7. The van der Waals surface area contributed by atoms with Crippen LogP contribution < -0.4 is 9.47 Å². The Morgan fingerprint density at radius 2 is 1.21 bits per heavy atom. The third kappa shape index (κ3) is 3.44. The van der Waals surface area contributed by atoms with Crippen LogP contribution in [0.15, 0.2) is 36.4 Å². The molecule has 0 saturated carbocycles. The lowest BCUT2D eigenvalue weighted by Gasteiger charge is -2.10. The first-order valence-electron chi connectivity index (χ1n) is 5.84. The highest BCUT2D eigenvalue weighted by atomic mass is 19.1. The van der Waals surface area contributed by atoms with Crippen molar-refractivity contribution in [2.45, 2.75) is 13.8 Å². The predicted octanol–water partition coefficient (Wildman–Crippen LogP) is 4.00. The predicted molar refractivity (Wildman–Crippen MR) is 68.4 cm³/mol. The van der Waals surface area contributed by atoms with E-state index in [4.69, 9.17) is 9.47 Å². The number of halogens is 2.